The predicted molar refractivity (Wildman–Crippen MR) is 110 cm³/mol. The second-order valence-corrected chi connectivity index (χ2v) is 6.76. The molecule has 0 aliphatic heterocycles. The van der Waals surface area contributed by atoms with Gasteiger partial charge in [-0.25, -0.2) is 4.79 Å². The number of halogens is 1. The fourth-order valence-corrected chi connectivity index (χ4v) is 2.98. The zero-order valence-corrected chi connectivity index (χ0v) is 16.1. The summed E-state index contributed by atoms with van der Waals surface area (Å²) in [5.41, 5.74) is 3.02. The number of nitrogens with one attached hydrogen (secondary N) is 1. The van der Waals surface area contributed by atoms with Crippen LogP contribution in [0.2, 0.25) is 5.02 Å². The minimum absolute atomic E-state index is 0.222. The van der Waals surface area contributed by atoms with Crippen LogP contribution in [0.25, 0.3) is 11.1 Å². The number of esters is 1. The van der Waals surface area contributed by atoms with Crippen LogP contribution in [0.15, 0.2) is 78.9 Å². The summed E-state index contributed by atoms with van der Waals surface area (Å²) in [5, 5.41) is 3.44. The van der Waals surface area contributed by atoms with Gasteiger partial charge in [0.15, 0.2) is 6.61 Å². The lowest BCUT2D eigenvalue weighted by Crippen LogP contribution is -2.31. The maximum Gasteiger partial charge on any atom is 0.339 e. The first kappa shape index (κ1) is 19.6. The van der Waals surface area contributed by atoms with E-state index in [0.29, 0.717) is 10.6 Å². The molecule has 5 heteroatoms. The maximum atomic E-state index is 12.5. The summed E-state index contributed by atoms with van der Waals surface area (Å²) in [4.78, 5) is 24.7. The van der Waals surface area contributed by atoms with Crippen LogP contribution >= 0.6 is 11.6 Å². The third-order valence-electron chi connectivity index (χ3n) is 4.31. The lowest BCUT2D eigenvalue weighted by atomic mass is 10.00. The van der Waals surface area contributed by atoms with Crippen molar-refractivity contribution in [3.05, 3.63) is 95.0 Å². The smallest absolute Gasteiger partial charge is 0.339 e. The van der Waals surface area contributed by atoms with E-state index in [4.69, 9.17) is 16.3 Å². The highest BCUT2D eigenvalue weighted by Gasteiger charge is 2.16. The van der Waals surface area contributed by atoms with Crippen LogP contribution in [-0.2, 0) is 9.53 Å². The lowest BCUT2D eigenvalue weighted by molar-refractivity contribution is -0.124. The zero-order valence-electron chi connectivity index (χ0n) is 15.4. The molecule has 3 aromatic rings. The molecule has 1 amide bonds. The standard InChI is InChI=1S/C23H20ClNO3/c1-16(17-11-13-19(24)14-12-17)25-22(26)15-28-23(27)21-10-6-5-9-20(21)18-7-3-2-4-8-18/h2-14,16H,15H2,1H3,(H,25,26)/t16-/m0/s1. The van der Waals surface area contributed by atoms with Crippen LogP contribution in [0.1, 0.15) is 28.9 Å². The summed E-state index contributed by atoms with van der Waals surface area (Å²) < 4.78 is 5.24. The molecule has 0 unspecified atom stereocenters. The van der Waals surface area contributed by atoms with Gasteiger partial charge in [-0.1, -0.05) is 72.3 Å². The van der Waals surface area contributed by atoms with Gasteiger partial charge in [0.25, 0.3) is 5.91 Å². The van der Waals surface area contributed by atoms with Crippen molar-refractivity contribution in [3.8, 4) is 11.1 Å². The van der Waals surface area contributed by atoms with Crippen molar-refractivity contribution < 1.29 is 14.3 Å². The molecule has 0 heterocycles. The molecular formula is C23H20ClNO3. The molecule has 142 valence electrons. The van der Waals surface area contributed by atoms with Crippen molar-refractivity contribution in [2.45, 2.75) is 13.0 Å². The Bertz CT molecular complexity index is 955. The third-order valence-corrected chi connectivity index (χ3v) is 4.57. The van der Waals surface area contributed by atoms with E-state index in [2.05, 4.69) is 5.32 Å². The molecule has 28 heavy (non-hydrogen) atoms. The molecule has 4 nitrogen and oxygen atoms in total. The van der Waals surface area contributed by atoms with E-state index in [0.717, 1.165) is 16.7 Å². The van der Waals surface area contributed by atoms with E-state index < -0.39 is 5.97 Å². The molecule has 0 bridgehead atoms. The molecule has 0 aliphatic carbocycles. The Morgan fingerprint density at radius 3 is 2.29 bits per heavy atom. The Kier molecular flexibility index (Phi) is 6.45. The van der Waals surface area contributed by atoms with Crippen molar-refractivity contribution in [2.75, 3.05) is 6.61 Å². The van der Waals surface area contributed by atoms with Crippen LogP contribution < -0.4 is 5.32 Å². The number of benzene rings is 3. The van der Waals surface area contributed by atoms with Crippen LogP contribution in [0.4, 0.5) is 0 Å². The Morgan fingerprint density at radius 2 is 1.57 bits per heavy atom. The summed E-state index contributed by atoms with van der Waals surface area (Å²) in [6, 6.07) is 23.7. The Hall–Kier alpha value is -3.11. The number of carbonyl (C=O) groups is 2. The van der Waals surface area contributed by atoms with E-state index in [9.17, 15) is 9.59 Å². The van der Waals surface area contributed by atoms with Crippen LogP contribution in [0.3, 0.4) is 0 Å². The number of hydrogen-bond donors (Lipinski definition) is 1. The highest BCUT2D eigenvalue weighted by Crippen LogP contribution is 2.24. The minimum Gasteiger partial charge on any atom is -0.452 e. The predicted octanol–water partition coefficient (Wildman–Crippen LogP) is 5.04. The SMILES string of the molecule is C[C@H](NC(=O)COC(=O)c1ccccc1-c1ccccc1)c1ccc(Cl)cc1. The second-order valence-electron chi connectivity index (χ2n) is 6.33. The normalized spacial score (nSPS) is 11.5. The van der Waals surface area contributed by atoms with E-state index >= 15 is 0 Å². The molecule has 0 saturated heterocycles. The number of amides is 1. The van der Waals surface area contributed by atoms with Crippen molar-refractivity contribution in [1.29, 1.82) is 0 Å². The molecule has 0 saturated carbocycles. The molecule has 1 N–H and O–H groups in total. The van der Waals surface area contributed by atoms with Crippen molar-refractivity contribution >= 4 is 23.5 Å². The molecule has 0 aromatic heterocycles. The van der Waals surface area contributed by atoms with Crippen molar-refractivity contribution in [2.24, 2.45) is 0 Å². The first-order chi connectivity index (χ1) is 13.5. The van der Waals surface area contributed by atoms with Gasteiger partial charge in [0.05, 0.1) is 11.6 Å². The Balaban J connectivity index is 1.61. The van der Waals surface area contributed by atoms with Gasteiger partial charge in [0.2, 0.25) is 0 Å². The van der Waals surface area contributed by atoms with E-state index in [1.807, 2.05) is 61.5 Å². The number of carbonyl (C=O) groups excluding carboxylic acids is 2. The maximum absolute atomic E-state index is 12.5. The number of rotatable bonds is 6. The summed E-state index contributed by atoms with van der Waals surface area (Å²) in [7, 11) is 0. The zero-order chi connectivity index (χ0) is 19.9. The van der Waals surface area contributed by atoms with Crippen molar-refractivity contribution in [3.63, 3.8) is 0 Å². The van der Waals surface area contributed by atoms with Crippen LogP contribution in [0, 0.1) is 0 Å². The van der Waals surface area contributed by atoms with Crippen molar-refractivity contribution in [1.82, 2.24) is 5.32 Å². The average molecular weight is 394 g/mol. The highest BCUT2D eigenvalue weighted by molar-refractivity contribution is 6.30. The third kappa shape index (κ3) is 4.99. The monoisotopic (exact) mass is 393 g/mol. The van der Waals surface area contributed by atoms with Gasteiger partial charge >= 0.3 is 5.97 Å². The van der Waals surface area contributed by atoms with Crippen LogP contribution in [0.5, 0.6) is 0 Å². The number of ether oxygens (including phenoxy) is 1. The van der Waals surface area contributed by atoms with E-state index in [-0.39, 0.29) is 18.6 Å². The number of hydrogen-bond acceptors (Lipinski definition) is 3. The van der Waals surface area contributed by atoms with Gasteiger partial charge < -0.3 is 10.1 Å². The Labute approximate surface area is 169 Å². The van der Waals surface area contributed by atoms with E-state index in [1.54, 1.807) is 24.3 Å². The first-order valence-corrected chi connectivity index (χ1v) is 9.29. The fraction of sp³-hybridized carbons (Fsp3) is 0.130. The lowest BCUT2D eigenvalue weighted by Gasteiger charge is -2.15. The second kappa shape index (κ2) is 9.20. The molecular weight excluding hydrogens is 374 g/mol. The molecule has 0 spiro atoms. The summed E-state index contributed by atoms with van der Waals surface area (Å²) >= 11 is 5.88. The minimum atomic E-state index is -0.534. The largest absolute Gasteiger partial charge is 0.452 e. The topological polar surface area (TPSA) is 55.4 Å². The van der Waals surface area contributed by atoms with Gasteiger partial charge in [0, 0.05) is 5.02 Å². The van der Waals surface area contributed by atoms with Gasteiger partial charge in [-0.05, 0) is 41.8 Å². The van der Waals surface area contributed by atoms with Gasteiger partial charge in [-0.3, -0.25) is 4.79 Å². The fourth-order valence-electron chi connectivity index (χ4n) is 2.86. The van der Waals surface area contributed by atoms with Gasteiger partial charge in [-0.2, -0.15) is 0 Å². The molecule has 3 rings (SSSR count). The molecule has 3 aromatic carbocycles. The van der Waals surface area contributed by atoms with Gasteiger partial charge in [-0.15, -0.1) is 0 Å². The average Bonchev–Trinajstić information content (AvgIpc) is 2.73. The summed E-state index contributed by atoms with van der Waals surface area (Å²) in [6.45, 7) is 1.51. The van der Waals surface area contributed by atoms with Crippen LogP contribution in [-0.4, -0.2) is 18.5 Å². The molecule has 0 aliphatic rings. The molecule has 1 atom stereocenters. The summed E-state index contributed by atoms with van der Waals surface area (Å²) in [5.74, 6) is -0.901. The highest BCUT2D eigenvalue weighted by atomic mass is 35.5. The Morgan fingerprint density at radius 1 is 0.929 bits per heavy atom. The first-order valence-electron chi connectivity index (χ1n) is 8.91. The molecule has 0 fully saturated rings. The van der Waals surface area contributed by atoms with Gasteiger partial charge in [0.1, 0.15) is 0 Å². The quantitative estimate of drug-likeness (QED) is 0.597. The molecule has 0 radical (unpaired) electrons. The van der Waals surface area contributed by atoms with E-state index in [1.165, 1.54) is 0 Å². The summed E-state index contributed by atoms with van der Waals surface area (Å²) in [6.07, 6.45) is 0.